The first-order valence-electron chi connectivity index (χ1n) is 11.5. The predicted octanol–water partition coefficient (Wildman–Crippen LogP) is -0.887. The number of aliphatic hydroxyl groups excluding tert-OH is 1. The fourth-order valence-corrected chi connectivity index (χ4v) is 4.39. The first-order chi connectivity index (χ1) is 16.2. The number of carboxylic acids is 1. The molecule has 3 rings (SSSR count). The fraction of sp³-hybridized carbons (Fsp3) is 0.565. The summed E-state index contributed by atoms with van der Waals surface area (Å²) in [7, 11) is 0. The monoisotopic (exact) mass is 476 g/mol. The number of aliphatic carboxylic acids is 1. The number of rotatable bonds is 9. The first kappa shape index (κ1) is 25.4. The number of carbonyl (C=O) groups is 4. The molecule has 34 heavy (non-hydrogen) atoms. The Balaban J connectivity index is 1.77. The third-order valence-corrected chi connectivity index (χ3v) is 6.25. The van der Waals surface area contributed by atoms with Crippen molar-refractivity contribution in [2.24, 2.45) is 0 Å². The molecule has 5 unspecified atom stereocenters. The molecule has 0 radical (unpaired) electrons. The van der Waals surface area contributed by atoms with Gasteiger partial charge in [0.2, 0.25) is 17.7 Å². The molecule has 0 aliphatic carbocycles. The Kier molecular flexibility index (Phi) is 8.46. The quantitative estimate of drug-likeness (QED) is 0.267. The normalized spacial score (nSPS) is 22.6. The van der Waals surface area contributed by atoms with E-state index >= 15 is 0 Å². The lowest BCUT2D eigenvalue weighted by Crippen LogP contribution is -2.58. The van der Waals surface area contributed by atoms with Gasteiger partial charge in [-0.3, -0.25) is 14.4 Å². The maximum atomic E-state index is 13.5. The van der Waals surface area contributed by atoms with Crippen molar-refractivity contribution in [3.63, 3.8) is 0 Å². The van der Waals surface area contributed by atoms with Gasteiger partial charge in [-0.15, -0.1) is 0 Å². The van der Waals surface area contributed by atoms with Gasteiger partial charge in [-0.25, -0.2) is 4.79 Å². The number of carboxylic acid groups (broad SMARTS) is 1. The highest BCUT2D eigenvalue weighted by atomic mass is 16.4. The van der Waals surface area contributed by atoms with E-state index in [0.29, 0.717) is 19.3 Å². The van der Waals surface area contributed by atoms with Gasteiger partial charge >= 0.3 is 5.97 Å². The van der Waals surface area contributed by atoms with Gasteiger partial charge in [0.25, 0.3) is 0 Å². The zero-order chi connectivity index (χ0) is 24.8. The molecule has 5 atom stereocenters. The van der Waals surface area contributed by atoms with Gasteiger partial charge in [-0.05, 0) is 56.8 Å². The summed E-state index contributed by atoms with van der Waals surface area (Å²) in [6.45, 7) is 2.26. The number of phenols is 1. The van der Waals surface area contributed by atoms with E-state index in [9.17, 15) is 34.5 Å². The van der Waals surface area contributed by atoms with E-state index in [2.05, 4.69) is 16.0 Å². The van der Waals surface area contributed by atoms with Crippen LogP contribution in [0.5, 0.6) is 5.75 Å². The Hall–Kier alpha value is -3.18. The molecule has 0 saturated carbocycles. The Morgan fingerprint density at radius 3 is 2.38 bits per heavy atom. The molecular weight excluding hydrogens is 444 g/mol. The maximum Gasteiger partial charge on any atom is 0.328 e. The standard InChI is InChI=1S/C23H32N4O7/c1-13(28)19(23(33)34)26-21(31)18-5-3-11-27(18)22(32)17(12-14-6-8-15(29)9-7-14)25-20(30)16-4-2-10-24-16/h6-9,13,16-19,24,28-29H,2-5,10-12H2,1H3,(H,25,30)(H,26,31)(H,33,34). The van der Waals surface area contributed by atoms with Crippen molar-refractivity contribution < 1.29 is 34.5 Å². The second-order valence-corrected chi connectivity index (χ2v) is 8.84. The first-order valence-corrected chi connectivity index (χ1v) is 11.5. The number of benzene rings is 1. The summed E-state index contributed by atoms with van der Waals surface area (Å²) in [5, 5.41) is 36.7. The van der Waals surface area contributed by atoms with Gasteiger partial charge < -0.3 is 36.2 Å². The molecule has 2 saturated heterocycles. The zero-order valence-corrected chi connectivity index (χ0v) is 19.1. The number of aromatic hydroxyl groups is 1. The van der Waals surface area contributed by atoms with Crippen LogP contribution in [0, 0.1) is 0 Å². The Morgan fingerprint density at radius 2 is 1.79 bits per heavy atom. The van der Waals surface area contributed by atoms with Crippen LogP contribution in [-0.2, 0) is 25.6 Å². The third-order valence-electron chi connectivity index (χ3n) is 6.25. The molecule has 2 fully saturated rings. The number of amides is 3. The summed E-state index contributed by atoms with van der Waals surface area (Å²) in [6, 6.07) is 2.56. The van der Waals surface area contributed by atoms with Crippen molar-refractivity contribution in [1.29, 1.82) is 0 Å². The molecule has 2 aliphatic heterocycles. The number of nitrogens with one attached hydrogen (secondary N) is 3. The summed E-state index contributed by atoms with van der Waals surface area (Å²) >= 11 is 0. The lowest BCUT2D eigenvalue weighted by Gasteiger charge is -2.30. The number of phenolic OH excluding ortho intramolecular Hbond substituents is 1. The van der Waals surface area contributed by atoms with Crippen LogP contribution >= 0.6 is 0 Å². The second-order valence-electron chi connectivity index (χ2n) is 8.84. The molecule has 2 heterocycles. The predicted molar refractivity (Wildman–Crippen MR) is 121 cm³/mol. The van der Waals surface area contributed by atoms with Crippen LogP contribution < -0.4 is 16.0 Å². The molecule has 6 N–H and O–H groups in total. The van der Waals surface area contributed by atoms with Crippen molar-refractivity contribution in [2.75, 3.05) is 13.1 Å². The average molecular weight is 477 g/mol. The molecular formula is C23H32N4O7. The molecule has 3 amide bonds. The Bertz CT molecular complexity index is 899. The van der Waals surface area contributed by atoms with Crippen LogP contribution in [0.15, 0.2) is 24.3 Å². The SMILES string of the molecule is CC(O)C(NC(=O)C1CCCN1C(=O)C(Cc1ccc(O)cc1)NC(=O)C1CCCN1)C(=O)O. The van der Waals surface area contributed by atoms with Gasteiger partial charge in [0.05, 0.1) is 12.1 Å². The summed E-state index contributed by atoms with van der Waals surface area (Å²) < 4.78 is 0. The number of hydrogen-bond acceptors (Lipinski definition) is 7. The number of carbonyl (C=O) groups excluding carboxylic acids is 3. The summed E-state index contributed by atoms with van der Waals surface area (Å²) in [4.78, 5) is 51.9. The van der Waals surface area contributed by atoms with Crippen molar-refractivity contribution in [3.8, 4) is 5.75 Å². The summed E-state index contributed by atoms with van der Waals surface area (Å²) in [5.41, 5.74) is 0.719. The lowest BCUT2D eigenvalue weighted by molar-refractivity contribution is -0.147. The summed E-state index contributed by atoms with van der Waals surface area (Å²) in [6.07, 6.45) is 1.25. The minimum Gasteiger partial charge on any atom is -0.508 e. The Labute approximate surface area is 197 Å². The molecule has 1 aromatic rings. The number of likely N-dealkylation sites (tertiary alicyclic amines) is 1. The highest BCUT2D eigenvalue weighted by molar-refractivity contribution is 5.94. The van der Waals surface area contributed by atoms with Crippen molar-refractivity contribution >= 4 is 23.7 Å². The molecule has 11 nitrogen and oxygen atoms in total. The smallest absolute Gasteiger partial charge is 0.328 e. The van der Waals surface area contributed by atoms with Crippen LogP contribution in [0.3, 0.4) is 0 Å². The van der Waals surface area contributed by atoms with E-state index in [1.807, 2.05) is 0 Å². The second kappa shape index (κ2) is 11.3. The molecule has 0 bridgehead atoms. The van der Waals surface area contributed by atoms with Gasteiger partial charge in [0, 0.05) is 13.0 Å². The van der Waals surface area contributed by atoms with E-state index in [0.717, 1.165) is 18.5 Å². The van der Waals surface area contributed by atoms with E-state index in [4.69, 9.17) is 0 Å². The van der Waals surface area contributed by atoms with Gasteiger partial charge in [-0.1, -0.05) is 12.1 Å². The Morgan fingerprint density at radius 1 is 1.09 bits per heavy atom. The highest BCUT2D eigenvalue weighted by Crippen LogP contribution is 2.21. The molecule has 0 aromatic heterocycles. The zero-order valence-electron chi connectivity index (χ0n) is 19.1. The van der Waals surface area contributed by atoms with Crippen LogP contribution in [0.25, 0.3) is 0 Å². The number of hydrogen-bond donors (Lipinski definition) is 6. The molecule has 186 valence electrons. The molecule has 1 aromatic carbocycles. The van der Waals surface area contributed by atoms with E-state index in [-0.39, 0.29) is 24.6 Å². The highest BCUT2D eigenvalue weighted by Gasteiger charge is 2.40. The lowest BCUT2D eigenvalue weighted by atomic mass is 10.0. The van der Waals surface area contributed by atoms with E-state index in [1.54, 1.807) is 12.1 Å². The van der Waals surface area contributed by atoms with E-state index in [1.165, 1.54) is 24.0 Å². The van der Waals surface area contributed by atoms with Crippen molar-refractivity contribution in [1.82, 2.24) is 20.9 Å². The van der Waals surface area contributed by atoms with Crippen molar-refractivity contribution in [3.05, 3.63) is 29.8 Å². The molecule has 2 aliphatic rings. The molecule has 0 spiro atoms. The minimum absolute atomic E-state index is 0.0770. The van der Waals surface area contributed by atoms with Gasteiger partial charge in [-0.2, -0.15) is 0 Å². The van der Waals surface area contributed by atoms with Crippen molar-refractivity contribution in [2.45, 2.75) is 69.3 Å². The van der Waals surface area contributed by atoms with Gasteiger partial charge in [0.15, 0.2) is 6.04 Å². The fourth-order valence-electron chi connectivity index (χ4n) is 4.39. The van der Waals surface area contributed by atoms with E-state index < -0.39 is 48.1 Å². The summed E-state index contributed by atoms with van der Waals surface area (Å²) in [5.74, 6) is -2.70. The largest absolute Gasteiger partial charge is 0.508 e. The average Bonchev–Trinajstić information content (AvgIpc) is 3.49. The molecule has 11 heteroatoms. The van der Waals surface area contributed by atoms with Crippen LogP contribution in [0.4, 0.5) is 0 Å². The number of nitrogens with zero attached hydrogens (tertiary/aromatic N) is 1. The van der Waals surface area contributed by atoms with Crippen LogP contribution in [-0.4, -0.2) is 87.3 Å². The third kappa shape index (κ3) is 6.23. The van der Waals surface area contributed by atoms with Crippen LogP contribution in [0.2, 0.25) is 0 Å². The topological polar surface area (TPSA) is 168 Å². The van der Waals surface area contributed by atoms with Gasteiger partial charge in [0.1, 0.15) is 17.8 Å². The van der Waals surface area contributed by atoms with Crippen LogP contribution in [0.1, 0.15) is 38.2 Å². The number of aliphatic hydroxyl groups is 1. The maximum absolute atomic E-state index is 13.5. The minimum atomic E-state index is -1.49.